The Hall–Kier alpha value is -1.88. The lowest BCUT2D eigenvalue weighted by Gasteiger charge is -2.04. The molecule has 0 aliphatic rings. The van der Waals surface area contributed by atoms with Gasteiger partial charge in [-0.1, -0.05) is 6.07 Å². The topological polar surface area (TPSA) is 80.6 Å². The average Bonchev–Trinajstić information content (AvgIpc) is 2.60. The molecule has 0 bridgehead atoms. The highest BCUT2D eigenvalue weighted by Gasteiger charge is 2.15. The number of imidazole rings is 1. The number of aliphatic carboxylic acids is 1. The molecular weight excluding hydrogens is 206 g/mol. The molecule has 0 amide bonds. The van der Waals surface area contributed by atoms with Gasteiger partial charge in [0.15, 0.2) is 0 Å². The van der Waals surface area contributed by atoms with Crippen LogP contribution in [0.25, 0.3) is 5.52 Å². The first kappa shape index (κ1) is 10.6. The quantitative estimate of drug-likeness (QED) is 0.792. The Balaban J connectivity index is 2.35. The van der Waals surface area contributed by atoms with E-state index in [0.29, 0.717) is 0 Å². The normalized spacial score (nSPS) is 12.9. The molecule has 16 heavy (non-hydrogen) atoms. The fourth-order valence-electron chi connectivity index (χ4n) is 1.62. The van der Waals surface area contributed by atoms with E-state index in [2.05, 4.69) is 4.98 Å². The van der Waals surface area contributed by atoms with Gasteiger partial charge in [0.25, 0.3) is 0 Å². The third-order valence-corrected chi connectivity index (χ3v) is 2.49. The second-order valence-electron chi connectivity index (χ2n) is 3.84. The van der Waals surface area contributed by atoms with Gasteiger partial charge in [0, 0.05) is 12.6 Å². The predicted molar refractivity (Wildman–Crippen MR) is 59.2 cm³/mol. The Morgan fingerprint density at radius 3 is 3.06 bits per heavy atom. The first-order valence-electron chi connectivity index (χ1n) is 4.98. The van der Waals surface area contributed by atoms with Crippen LogP contribution in [0, 0.1) is 6.92 Å². The van der Waals surface area contributed by atoms with Gasteiger partial charge in [0.2, 0.25) is 0 Å². The molecule has 1 unspecified atom stereocenters. The van der Waals surface area contributed by atoms with Crippen LogP contribution in [-0.4, -0.2) is 26.5 Å². The zero-order chi connectivity index (χ0) is 11.7. The highest BCUT2D eigenvalue weighted by molar-refractivity contribution is 5.74. The predicted octanol–water partition coefficient (Wildman–Crippen LogP) is 0.597. The molecule has 0 radical (unpaired) electrons. The molecule has 0 aromatic carbocycles. The molecule has 0 saturated carbocycles. The van der Waals surface area contributed by atoms with Crippen molar-refractivity contribution in [2.45, 2.75) is 19.4 Å². The lowest BCUT2D eigenvalue weighted by atomic mass is 10.1. The summed E-state index contributed by atoms with van der Waals surface area (Å²) >= 11 is 0. The van der Waals surface area contributed by atoms with Crippen molar-refractivity contribution in [3.8, 4) is 0 Å². The molecule has 2 rings (SSSR count). The maximum absolute atomic E-state index is 10.7. The zero-order valence-electron chi connectivity index (χ0n) is 8.92. The second-order valence-corrected chi connectivity index (χ2v) is 3.84. The highest BCUT2D eigenvalue weighted by atomic mass is 16.4. The molecule has 2 aromatic rings. The number of carboxylic acid groups (broad SMARTS) is 1. The van der Waals surface area contributed by atoms with E-state index in [4.69, 9.17) is 10.8 Å². The summed E-state index contributed by atoms with van der Waals surface area (Å²) in [4.78, 5) is 14.8. The van der Waals surface area contributed by atoms with Crippen LogP contribution in [0.3, 0.4) is 0 Å². The van der Waals surface area contributed by atoms with Crippen molar-refractivity contribution in [2.75, 3.05) is 0 Å². The Morgan fingerprint density at radius 2 is 2.38 bits per heavy atom. The second kappa shape index (κ2) is 3.94. The maximum atomic E-state index is 10.7. The molecular formula is C11H13N3O2. The van der Waals surface area contributed by atoms with Gasteiger partial charge in [-0.25, -0.2) is 4.98 Å². The van der Waals surface area contributed by atoms with E-state index in [1.54, 1.807) is 6.33 Å². The number of aromatic nitrogens is 2. The minimum absolute atomic E-state index is 0.245. The molecule has 0 spiro atoms. The smallest absolute Gasteiger partial charge is 0.320 e. The Bertz CT molecular complexity index is 533. The van der Waals surface area contributed by atoms with Crippen molar-refractivity contribution in [2.24, 2.45) is 5.73 Å². The Labute approximate surface area is 92.5 Å². The molecule has 1 atom stereocenters. The Kier molecular flexibility index (Phi) is 2.62. The number of nitrogens with two attached hydrogens (primary N) is 1. The van der Waals surface area contributed by atoms with Gasteiger partial charge in [0.1, 0.15) is 6.04 Å². The van der Waals surface area contributed by atoms with Crippen molar-refractivity contribution in [1.82, 2.24) is 9.38 Å². The molecule has 2 heterocycles. The van der Waals surface area contributed by atoms with E-state index in [-0.39, 0.29) is 6.42 Å². The van der Waals surface area contributed by atoms with Gasteiger partial charge >= 0.3 is 5.97 Å². The van der Waals surface area contributed by atoms with E-state index in [1.165, 1.54) is 0 Å². The number of aryl methyl sites for hydroxylation is 1. The highest BCUT2D eigenvalue weighted by Crippen LogP contribution is 2.12. The summed E-state index contributed by atoms with van der Waals surface area (Å²) in [6, 6.07) is 2.99. The fraction of sp³-hybridized carbons (Fsp3) is 0.273. The van der Waals surface area contributed by atoms with Gasteiger partial charge < -0.3 is 15.2 Å². The number of carbonyl (C=O) groups is 1. The summed E-state index contributed by atoms with van der Waals surface area (Å²) in [6.45, 7) is 1.99. The number of hydrogen-bond donors (Lipinski definition) is 2. The monoisotopic (exact) mass is 219 g/mol. The lowest BCUT2D eigenvalue weighted by Crippen LogP contribution is -2.32. The summed E-state index contributed by atoms with van der Waals surface area (Å²) < 4.78 is 1.87. The first-order valence-corrected chi connectivity index (χ1v) is 4.98. The molecule has 3 N–H and O–H groups in total. The molecule has 0 aliphatic carbocycles. The molecule has 5 heteroatoms. The number of fused-ring (bicyclic) bond motifs is 1. The largest absolute Gasteiger partial charge is 0.480 e. The van der Waals surface area contributed by atoms with Crippen LogP contribution in [0.2, 0.25) is 0 Å². The van der Waals surface area contributed by atoms with Gasteiger partial charge in [-0.3, -0.25) is 4.79 Å². The zero-order valence-corrected chi connectivity index (χ0v) is 8.92. The van der Waals surface area contributed by atoms with Crippen LogP contribution in [0.1, 0.15) is 11.3 Å². The van der Waals surface area contributed by atoms with Gasteiger partial charge in [-0.05, 0) is 18.6 Å². The fourth-order valence-corrected chi connectivity index (χ4v) is 1.62. The third kappa shape index (κ3) is 1.90. The number of rotatable bonds is 3. The van der Waals surface area contributed by atoms with Gasteiger partial charge in [-0.15, -0.1) is 0 Å². The van der Waals surface area contributed by atoms with Crippen molar-refractivity contribution in [3.05, 3.63) is 35.9 Å². The van der Waals surface area contributed by atoms with E-state index in [9.17, 15) is 4.79 Å². The van der Waals surface area contributed by atoms with Crippen LogP contribution in [-0.2, 0) is 11.2 Å². The maximum Gasteiger partial charge on any atom is 0.320 e. The molecule has 0 saturated heterocycles. The summed E-state index contributed by atoms with van der Waals surface area (Å²) in [6.07, 6.45) is 3.86. The van der Waals surface area contributed by atoms with Crippen LogP contribution < -0.4 is 5.73 Å². The standard InChI is InChI=1S/C11H13N3O2/c1-7-2-3-10-9(4-8(12)11(15)16)13-6-14(10)5-7/h2-3,5-6,8H,4,12H2,1H3,(H,15,16). The van der Waals surface area contributed by atoms with Crippen molar-refractivity contribution >= 4 is 11.5 Å². The summed E-state index contributed by atoms with van der Waals surface area (Å²) in [5.41, 5.74) is 8.23. The molecule has 0 aliphatic heterocycles. The number of carboxylic acids is 1. The number of nitrogens with zero attached hydrogens (tertiary/aromatic N) is 2. The number of pyridine rings is 1. The van der Waals surface area contributed by atoms with Crippen molar-refractivity contribution in [3.63, 3.8) is 0 Å². The van der Waals surface area contributed by atoms with E-state index >= 15 is 0 Å². The van der Waals surface area contributed by atoms with E-state index < -0.39 is 12.0 Å². The minimum Gasteiger partial charge on any atom is -0.480 e. The van der Waals surface area contributed by atoms with E-state index in [0.717, 1.165) is 16.8 Å². The summed E-state index contributed by atoms with van der Waals surface area (Å²) in [7, 11) is 0. The SMILES string of the molecule is Cc1ccc2c(CC(N)C(=O)O)ncn2c1. The third-order valence-electron chi connectivity index (χ3n) is 2.49. The molecule has 0 fully saturated rings. The molecule has 2 aromatic heterocycles. The average molecular weight is 219 g/mol. The van der Waals surface area contributed by atoms with Crippen molar-refractivity contribution in [1.29, 1.82) is 0 Å². The van der Waals surface area contributed by atoms with Crippen LogP contribution >= 0.6 is 0 Å². The van der Waals surface area contributed by atoms with Crippen molar-refractivity contribution < 1.29 is 9.90 Å². The first-order chi connectivity index (χ1) is 7.58. The van der Waals surface area contributed by atoms with Crippen LogP contribution in [0.4, 0.5) is 0 Å². The van der Waals surface area contributed by atoms with Gasteiger partial charge in [0.05, 0.1) is 17.5 Å². The summed E-state index contributed by atoms with van der Waals surface area (Å²) in [5, 5.41) is 8.74. The Morgan fingerprint density at radius 1 is 1.62 bits per heavy atom. The molecule has 84 valence electrons. The number of hydrogen-bond acceptors (Lipinski definition) is 3. The van der Waals surface area contributed by atoms with Crippen LogP contribution in [0.15, 0.2) is 24.7 Å². The lowest BCUT2D eigenvalue weighted by molar-refractivity contribution is -0.138. The molecule has 5 nitrogen and oxygen atoms in total. The van der Waals surface area contributed by atoms with Gasteiger partial charge in [-0.2, -0.15) is 0 Å². The van der Waals surface area contributed by atoms with Crippen LogP contribution in [0.5, 0.6) is 0 Å². The van der Waals surface area contributed by atoms with E-state index in [1.807, 2.05) is 29.7 Å². The minimum atomic E-state index is -1.01. The summed E-state index contributed by atoms with van der Waals surface area (Å²) in [5.74, 6) is -1.01.